The van der Waals surface area contributed by atoms with Crippen LogP contribution in [0.5, 0.6) is 0 Å². The van der Waals surface area contributed by atoms with Gasteiger partial charge in [-0.2, -0.15) is 0 Å². The first kappa shape index (κ1) is 26.1. The van der Waals surface area contributed by atoms with Gasteiger partial charge in [0.25, 0.3) is 0 Å². The van der Waals surface area contributed by atoms with Gasteiger partial charge in [0.2, 0.25) is 11.8 Å². The fourth-order valence-corrected chi connectivity index (χ4v) is 4.69. The van der Waals surface area contributed by atoms with Crippen molar-refractivity contribution in [3.8, 4) is 0 Å². The summed E-state index contributed by atoms with van der Waals surface area (Å²) in [5, 5.41) is 2.07. The maximum atomic E-state index is 13.4. The zero-order valence-corrected chi connectivity index (χ0v) is 21.1. The molecule has 0 aliphatic rings. The molecular weight excluding hydrogens is 416 g/mol. The van der Waals surface area contributed by atoms with Crippen LogP contribution in [0.15, 0.2) is 41.8 Å². The monoisotopic (exact) mass is 456 g/mol. The lowest BCUT2D eigenvalue weighted by molar-refractivity contribution is -0.141. The number of benzene rings is 1. The summed E-state index contributed by atoms with van der Waals surface area (Å²) in [7, 11) is 0. The standard InChI is InChI=1S/C27H40N2O2S/c1-5-6-7-8-12-15-26(30)28(18-22(2)3)21-27(31)29(19-24-13-10-9-11-14-24)20-25-23(4)16-17-32-25/h9-11,13-14,16-17,22H,5-8,12,15,18-21H2,1-4H3. The first-order valence-electron chi connectivity index (χ1n) is 12.0. The highest BCUT2D eigenvalue weighted by atomic mass is 32.1. The molecule has 5 heteroatoms. The van der Waals surface area contributed by atoms with Crippen LogP contribution in [0.1, 0.15) is 75.3 Å². The van der Waals surface area contributed by atoms with Crippen molar-refractivity contribution in [2.75, 3.05) is 13.1 Å². The van der Waals surface area contributed by atoms with Crippen molar-refractivity contribution in [1.29, 1.82) is 0 Å². The molecule has 2 rings (SSSR count). The average Bonchev–Trinajstić information content (AvgIpc) is 3.17. The van der Waals surface area contributed by atoms with Gasteiger partial charge in [-0.3, -0.25) is 9.59 Å². The molecule has 0 saturated carbocycles. The van der Waals surface area contributed by atoms with E-state index in [4.69, 9.17) is 0 Å². The van der Waals surface area contributed by atoms with E-state index in [0.29, 0.717) is 32.0 Å². The Morgan fingerprint density at radius 2 is 1.62 bits per heavy atom. The van der Waals surface area contributed by atoms with Crippen molar-refractivity contribution in [2.45, 2.75) is 79.3 Å². The van der Waals surface area contributed by atoms with Crippen LogP contribution in [0.25, 0.3) is 0 Å². The molecule has 0 N–H and O–H groups in total. The van der Waals surface area contributed by atoms with Crippen molar-refractivity contribution >= 4 is 23.2 Å². The molecule has 1 aromatic carbocycles. The fourth-order valence-electron chi connectivity index (χ4n) is 3.77. The summed E-state index contributed by atoms with van der Waals surface area (Å²) in [4.78, 5) is 31.3. The molecule has 0 aliphatic heterocycles. The minimum Gasteiger partial charge on any atom is -0.333 e. The molecule has 32 heavy (non-hydrogen) atoms. The van der Waals surface area contributed by atoms with Crippen LogP contribution in [0.4, 0.5) is 0 Å². The van der Waals surface area contributed by atoms with Crippen LogP contribution in [0.3, 0.4) is 0 Å². The normalized spacial score (nSPS) is 11.0. The largest absolute Gasteiger partial charge is 0.333 e. The lowest BCUT2D eigenvalue weighted by atomic mass is 10.1. The minimum atomic E-state index is 0.0154. The smallest absolute Gasteiger partial charge is 0.242 e. The SMILES string of the molecule is CCCCCCCC(=O)N(CC(=O)N(Cc1ccccc1)Cc1sccc1C)CC(C)C. The summed E-state index contributed by atoms with van der Waals surface area (Å²) in [5.41, 5.74) is 2.32. The first-order valence-corrected chi connectivity index (χ1v) is 12.9. The Balaban J connectivity index is 2.08. The third kappa shape index (κ3) is 9.15. The number of hydrogen-bond donors (Lipinski definition) is 0. The molecule has 176 valence electrons. The average molecular weight is 457 g/mol. The second-order valence-corrected chi connectivity index (χ2v) is 10.1. The van der Waals surface area contributed by atoms with Crippen LogP contribution in [-0.4, -0.2) is 34.7 Å². The number of carbonyl (C=O) groups excluding carboxylic acids is 2. The Hall–Kier alpha value is -2.14. The Kier molecular flexibility index (Phi) is 11.5. The first-order chi connectivity index (χ1) is 15.4. The molecule has 0 unspecified atom stereocenters. The number of thiophene rings is 1. The van der Waals surface area contributed by atoms with Gasteiger partial charge in [0.15, 0.2) is 0 Å². The minimum absolute atomic E-state index is 0.0154. The number of nitrogens with zero attached hydrogens (tertiary/aromatic N) is 2. The molecule has 0 aliphatic carbocycles. The summed E-state index contributed by atoms with van der Waals surface area (Å²) < 4.78 is 0. The van der Waals surface area contributed by atoms with Gasteiger partial charge in [-0.05, 0) is 41.8 Å². The van der Waals surface area contributed by atoms with Gasteiger partial charge in [-0.1, -0.05) is 76.8 Å². The highest BCUT2D eigenvalue weighted by molar-refractivity contribution is 7.10. The molecule has 2 aromatic rings. The summed E-state index contributed by atoms with van der Waals surface area (Å²) >= 11 is 1.68. The summed E-state index contributed by atoms with van der Waals surface area (Å²) in [5.74, 6) is 0.450. The number of aryl methyl sites for hydroxylation is 1. The van der Waals surface area contributed by atoms with Crippen LogP contribution in [-0.2, 0) is 22.7 Å². The molecular formula is C27H40N2O2S. The van der Waals surface area contributed by atoms with E-state index in [1.807, 2.05) is 23.1 Å². The second-order valence-electron chi connectivity index (χ2n) is 9.09. The maximum Gasteiger partial charge on any atom is 0.242 e. The van der Waals surface area contributed by atoms with E-state index in [9.17, 15) is 9.59 Å². The molecule has 0 radical (unpaired) electrons. The van der Waals surface area contributed by atoms with Crippen molar-refractivity contribution in [3.63, 3.8) is 0 Å². The van der Waals surface area contributed by atoms with E-state index < -0.39 is 0 Å². The van der Waals surface area contributed by atoms with Gasteiger partial charge in [0.1, 0.15) is 0 Å². The third-order valence-corrected chi connectivity index (χ3v) is 6.64. The number of amides is 2. The topological polar surface area (TPSA) is 40.6 Å². The van der Waals surface area contributed by atoms with Crippen LogP contribution in [0.2, 0.25) is 0 Å². The Morgan fingerprint density at radius 3 is 2.25 bits per heavy atom. The van der Waals surface area contributed by atoms with Gasteiger partial charge < -0.3 is 9.80 Å². The van der Waals surface area contributed by atoms with E-state index in [2.05, 4.69) is 51.3 Å². The van der Waals surface area contributed by atoms with E-state index in [-0.39, 0.29) is 18.4 Å². The predicted octanol–water partition coefficient (Wildman–Crippen LogP) is 6.43. The molecule has 1 aromatic heterocycles. The van der Waals surface area contributed by atoms with Gasteiger partial charge in [-0.15, -0.1) is 11.3 Å². The van der Waals surface area contributed by atoms with Gasteiger partial charge in [0, 0.05) is 24.4 Å². The summed E-state index contributed by atoms with van der Waals surface area (Å²) in [6.45, 7) is 10.4. The van der Waals surface area contributed by atoms with E-state index in [1.54, 1.807) is 16.2 Å². The zero-order valence-electron chi connectivity index (χ0n) is 20.3. The van der Waals surface area contributed by atoms with Crippen molar-refractivity contribution < 1.29 is 9.59 Å². The molecule has 0 bridgehead atoms. The van der Waals surface area contributed by atoms with E-state index in [1.165, 1.54) is 29.7 Å². The highest BCUT2D eigenvalue weighted by Crippen LogP contribution is 2.20. The molecule has 0 spiro atoms. The molecule has 0 atom stereocenters. The van der Waals surface area contributed by atoms with Crippen LogP contribution in [0, 0.1) is 12.8 Å². The van der Waals surface area contributed by atoms with Gasteiger partial charge in [-0.25, -0.2) is 0 Å². The van der Waals surface area contributed by atoms with E-state index >= 15 is 0 Å². The summed E-state index contributed by atoms with van der Waals surface area (Å²) in [6, 6.07) is 12.2. The molecule has 1 heterocycles. The quantitative estimate of drug-likeness (QED) is 0.307. The van der Waals surface area contributed by atoms with Crippen molar-refractivity contribution in [3.05, 3.63) is 57.8 Å². The van der Waals surface area contributed by atoms with E-state index in [0.717, 1.165) is 18.4 Å². The lowest BCUT2D eigenvalue weighted by Gasteiger charge is -2.29. The van der Waals surface area contributed by atoms with Crippen LogP contribution < -0.4 is 0 Å². The maximum absolute atomic E-state index is 13.4. The number of carbonyl (C=O) groups is 2. The zero-order chi connectivity index (χ0) is 23.3. The summed E-state index contributed by atoms with van der Waals surface area (Å²) in [6.07, 6.45) is 6.12. The molecule has 4 nitrogen and oxygen atoms in total. The fraction of sp³-hybridized carbons (Fsp3) is 0.556. The van der Waals surface area contributed by atoms with Crippen molar-refractivity contribution in [1.82, 2.24) is 9.80 Å². The Labute approximate surface area is 198 Å². The molecule has 0 saturated heterocycles. The highest BCUT2D eigenvalue weighted by Gasteiger charge is 2.23. The predicted molar refractivity (Wildman–Crippen MR) is 135 cm³/mol. The third-order valence-electron chi connectivity index (χ3n) is 5.63. The van der Waals surface area contributed by atoms with Gasteiger partial charge in [0.05, 0.1) is 13.1 Å². The number of rotatable bonds is 14. The number of unbranched alkanes of at least 4 members (excludes halogenated alkanes) is 4. The van der Waals surface area contributed by atoms with Crippen molar-refractivity contribution in [2.24, 2.45) is 5.92 Å². The number of hydrogen-bond acceptors (Lipinski definition) is 3. The second kappa shape index (κ2) is 14.1. The Bertz CT molecular complexity index is 816. The Morgan fingerprint density at radius 1 is 0.906 bits per heavy atom. The molecule has 0 fully saturated rings. The lowest BCUT2D eigenvalue weighted by Crippen LogP contribution is -2.43. The molecule has 2 amide bonds. The van der Waals surface area contributed by atoms with Gasteiger partial charge >= 0.3 is 0 Å². The van der Waals surface area contributed by atoms with Crippen LogP contribution >= 0.6 is 11.3 Å².